The second kappa shape index (κ2) is 6.69. The summed E-state index contributed by atoms with van der Waals surface area (Å²) in [6.45, 7) is 0.478. The van der Waals surface area contributed by atoms with Gasteiger partial charge in [0.2, 0.25) is 11.0 Å². The van der Waals surface area contributed by atoms with E-state index in [1.165, 1.54) is 23.5 Å². The van der Waals surface area contributed by atoms with Crippen molar-refractivity contribution in [1.29, 1.82) is 0 Å². The molecule has 22 heavy (non-hydrogen) atoms. The number of carbonyl (C=O) groups excluding carboxylic acids is 1. The summed E-state index contributed by atoms with van der Waals surface area (Å²) in [5.74, 6) is -0.688. The lowest BCUT2D eigenvalue weighted by Gasteiger charge is -2.08. The Morgan fingerprint density at radius 3 is 2.68 bits per heavy atom. The Kier molecular flexibility index (Phi) is 4.91. The molecule has 0 saturated heterocycles. The number of nitrogens with zero attached hydrogens (tertiary/aromatic N) is 3. The van der Waals surface area contributed by atoms with Crippen LogP contribution in [0.25, 0.3) is 0 Å². The van der Waals surface area contributed by atoms with Crippen molar-refractivity contribution in [3.05, 3.63) is 28.9 Å². The van der Waals surface area contributed by atoms with Gasteiger partial charge in [0, 0.05) is 12.3 Å². The smallest absolute Gasteiger partial charge is 0.422 e. The molecule has 118 valence electrons. The molecule has 2 rings (SSSR count). The molecular formula is C12H11F3N4O2S. The Balaban J connectivity index is 1.96. The first-order valence-electron chi connectivity index (χ1n) is 6.16. The molecule has 0 fully saturated rings. The fourth-order valence-corrected chi connectivity index (χ4v) is 2.05. The van der Waals surface area contributed by atoms with Crippen molar-refractivity contribution in [3.8, 4) is 5.88 Å². The van der Waals surface area contributed by atoms with Crippen molar-refractivity contribution < 1.29 is 22.7 Å². The fourth-order valence-electron chi connectivity index (χ4n) is 1.37. The molecule has 0 bridgehead atoms. The van der Waals surface area contributed by atoms with Gasteiger partial charge in [-0.1, -0.05) is 18.3 Å². The first-order chi connectivity index (χ1) is 10.4. The van der Waals surface area contributed by atoms with E-state index in [2.05, 4.69) is 25.2 Å². The van der Waals surface area contributed by atoms with Crippen LogP contribution in [0, 0.1) is 0 Å². The lowest BCUT2D eigenvalue weighted by molar-refractivity contribution is -0.154. The van der Waals surface area contributed by atoms with Crippen LogP contribution in [0.5, 0.6) is 5.88 Å². The Labute approximate surface area is 127 Å². The molecule has 6 nitrogen and oxygen atoms in total. The van der Waals surface area contributed by atoms with E-state index in [1.807, 2.05) is 6.92 Å². The normalized spacial score (nSPS) is 11.3. The van der Waals surface area contributed by atoms with Gasteiger partial charge in [-0.15, -0.1) is 10.2 Å². The van der Waals surface area contributed by atoms with E-state index in [-0.39, 0.29) is 11.4 Å². The SMILES string of the molecule is CCc1nnc(NC(=O)c2ccc(OCC(F)(F)F)nc2)s1. The van der Waals surface area contributed by atoms with E-state index in [4.69, 9.17) is 0 Å². The van der Waals surface area contributed by atoms with Crippen LogP contribution in [0.15, 0.2) is 18.3 Å². The minimum absolute atomic E-state index is 0.174. The third kappa shape index (κ3) is 4.65. The van der Waals surface area contributed by atoms with Gasteiger partial charge in [0.05, 0.1) is 5.56 Å². The average molecular weight is 332 g/mol. The van der Waals surface area contributed by atoms with Gasteiger partial charge >= 0.3 is 6.18 Å². The highest BCUT2D eigenvalue weighted by Gasteiger charge is 2.28. The molecule has 2 heterocycles. The number of pyridine rings is 1. The molecule has 0 saturated carbocycles. The van der Waals surface area contributed by atoms with Crippen LogP contribution in [0.4, 0.5) is 18.3 Å². The molecular weight excluding hydrogens is 321 g/mol. The van der Waals surface area contributed by atoms with Crippen molar-refractivity contribution in [2.75, 3.05) is 11.9 Å². The van der Waals surface area contributed by atoms with Crippen LogP contribution < -0.4 is 10.1 Å². The second-order valence-electron chi connectivity index (χ2n) is 4.10. The number of amides is 1. The first kappa shape index (κ1) is 16.1. The Hall–Kier alpha value is -2.23. The molecule has 0 atom stereocenters. The highest BCUT2D eigenvalue weighted by molar-refractivity contribution is 7.15. The molecule has 2 aromatic rings. The molecule has 0 aromatic carbocycles. The third-order valence-corrected chi connectivity index (χ3v) is 3.36. The predicted octanol–water partition coefficient (Wildman–Crippen LogP) is 2.69. The summed E-state index contributed by atoms with van der Waals surface area (Å²) >= 11 is 1.25. The zero-order chi connectivity index (χ0) is 16.2. The first-order valence-corrected chi connectivity index (χ1v) is 6.98. The Morgan fingerprint density at radius 2 is 2.14 bits per heavy atom. The molecule has 10 heteroatoms. The van der Waals surface area contributed by atoms with E-state index in [0.29, 0.717) is 11.6 Å². The van der Waals surface area contributed by atoms with Gasteiger partial charge in [0.1, 0.15) is 5.01 Å². The van der Waals surface area contributed by atoms with E-state index in [0.717, 1.165) is 11.2 Å². The number of hydrogen-bond acceptors (Lipinski definition) is 6. The molecule has 1 amide bonds. The predicted molar refractivity (Wildman–Crippen MR) is 73.0 cm³/mol. The third-order valence-electron chi connectivity index (χ3n) is 2.37. The maximum atomic E-state index is 12.0. The summed E-state index contributed by atoms with van der Waals surface area (Å²) < 4.78 is 40.4. The zero-order valence-electron chi connectivity index (χ0n) is 11.3. The average Bonchev–Trinajstić information content (AvgIpc) is 2.92. The van der Waals surface area contributed by atoms with Crippen LogP contribution >= 0.6 is 11.3 Å². The monoisotopic (exact) mass is 332 g/mol. The minimum Gasteiger partial charge on any atom is -0.468 e. The van der Waals surface area contributed by atoms with Gasteiger partial charge in [-0.25, -0.2) is 4.98 Å². The van der Waals surface area contributed by atoms with Crippen LogP contribution in [0.1, 0.15) is 22.3 Å². The standard InChI is InChI=1S/C12H11F3N4O2S/c1-2-9-18-19-11(22-9)17-10(20)7-3-4-8(16-5-7)21-6-12(13,14)15/h3-5H,2,6H2,1H3,(H,17,19,20). The van der Waals surface area contributed by atoms with Crippen molar-refractivity contribution in [3.63, 3.8) is 0 Å². The van der Waals surface area contributed by atoms with Gasteiger partial charge in [0.25, 0.3) is 5.91 Å². The van der Waals surface area contributed by atoms with E-state index >= 15 is 0 Å². The molecule has 0 aliphatic carbocycles. The number of aromatic nitrogens is 3. The summed E-state index contributed by atoms with van der Waals surface area (Å²) in [5.41, 5.74) is 0.174. The number of aryl methyl sites for hydroxylation is 1. The highest BCUT2D eigenvalue weighted by Crippen LogP contribution is 2.18. The number of ether oxygens (including phenoxy) is 1. The maximum Gasteiger partial charge on any atom is 0.422 e. The van der Waals surface area contributed by atoms with Crippen LogP contribution in [0.2, 0.25) is 0 Å². The van der Waals surface area contributed by atoms with Crippen molar-refractivity contribution in [2.45, 2.75) is 19.5 Å². The number of nitrogens with one attached hydrogen (secondary N) is 1. The van der Waals surface area contributed by atoms with Crippen LogP contribution in [0.3, 0.4) is 0 Å². The van der Waals surface area contributed by atoms with Crippen molar-refractivity contribution in [1.82, 2.24) is 15.2 Å². The summed E-state index contributed by atoms with van der Waals surface area (Å²) in [6.07, 6.45) is -2.60. The molecule has 2 aromatic heterocycles. The van der Waals surface area contributed by atoms with E-state index in [9.17, 15) is 18.0 Å². The van der Waals surface area contributed by atoms with Gasteiger partial charge in [-0.05, 0) is 12.5 Å². The summed E-state index contributed by atoms with van der Waals surface area (Å²) in [6, 6.07) is 2.51. The van der Waals surface area contributed by atoms with Gasteiger partial charge in [0.15, 0.2) is 6.61 Å². The molecule has 0 unspecified atom stereocenters. The number of alkyl halides is 3. The molecule has 0 aliphatic rings. The van der Waals surface area contributed by atoms with E-state index in [1.54, 1.807) is 0 Å². The van der Waals surface area contributed by atoms with Crippen LogP contribution in [-0.4, -0.2) is 33.9 Å². The van der Waals surface area contributed by atoms with Gasteiger partial charge < -0.3 is 4.74 Å². The molecule has 0 radical (unpaired) electrons. The number of halogens is 3. The lowest BCUT2D eigenvalue weighted by atomic mass is 10.3. The summed E-state index contributed by atoms with van der Waals surface area (Å²) in [5, 5.41) is 11.3. The fraction of sp³-hybridized carbons (Fsp3) is 0.333. The number of carbonyl (C=O) groups is 1. The second-order valence-corrected chi connectivity index (χ2v) is 5.16. The number of anilines is 1. The zero-order valence-corrected chi connectivity index (χ0v) is 12.2. The number of hydrogen-bond donors (Lipinski definition) is 1. The summed E-state index contributed by atoms with van der Waals surface area (Å²) in [7, 11) is 0. The van der Waals surface area contributed by atoms with Crippen molar-refractivity contribution >= 4 is 22.4 Å². The Bertz CT molecular complexity index is 643. The number of rotatable bonds is 5. The maximum absolute atomic E-state index is 12.0. The highest BCUT2D eigenvalue weighted by atomic mass is 32.1. The topological polar surface area (TPSA) is 77.0 Å². The molecule has 0 aliphatic heterocycles. The lowest BCUT2D eigenvalue weighted by Crippen LogP contribution is -2.19. The summed E-state index contributed by atoms with van der Waals surface area (Å²) in [4.78, 5) is 15.6. The quantitative estimate of drug-likeness (QED) is 0.911. The minimum atomic E-state index is -4.44. The Morgan fingerprint density at radius 1 is 1.36 bits per heavy atom. The van der Waals surface area contributed by atoms with Crippen LogP contribution in [-0.2, 0) is 6.42 Å². The van der Waals surface area contributed by atoms with Crippen molar-refractivity contribution in [2.24, 2.45) is 0 Å². The largest absolute Gasteiger partial charge is 0.468 e. The van der Waals surface area contributed by atoms with Gasteiger partial charge in [-0.3, -0.25) is 10.1 Å². The van der Waals surface area contributed by atoms with Gasteiger partial charge in [-0.2, -0.15) is 13.2 Å². The molecule has 0 spiro atoms. The molecule has 1 N–H and O–H groups in total. The van der Waals surface area contributed by atoms with E-state index < -0.39 is 18.7 Å².